The third kappa shape index (κ3) is 4.34. The van der Waals surface area contributed by atoms with Crippen molar-refractivity contribution in [2.45, 2.75) is 32.2 Å². The molecule has 0 fully saturated rings. The van der Waals surface area contributed by atoms with Gasteiger partial charge in [0.05, 0.1) is 37.2 Å². The number of hydrogen-bond donors (Lipinski definition) is 3. The molecule has 0 radical (unpaired) electrons. The van der Waals surface area contributed by atoms with E-state index < -0.39 is 12.3 Å². The maximum atomic E-state index is 10.9. The number of ether oxygens (including phenoxy) is 1. The van der Waals surface area contributed by atoms with Gasteiger partial charge in [-0.15, -0.1) is 0 Å². The first-order valence-corrected chi connectivity index (χ1v) is 10.2. The van der Waals surface area contributed by atoms with Gasteiger partial charge in [0.1, 0.15) is 11.4 Å². The minimum atomic E-state index is -1.09. The summed E-state index contributed by atoms with van der Waals surface area (Å²) in [5.41, 5.74) is 2.80. The standard InChI is InChI=1S/C21H23ClN6O3/c1-3-14(29)11-27-12-17(19(26-27)15-9-13(22)5-6-18(15)31-2)25-21(30)16-10-24-28-8-4-7-23-20(16)28/h4-10,12,14,21,25,29-30H,3,11H2,1-2H3/t14-,21?/m1/s1. The average Bonchev–Trinajstić information content (AvgIpc) is 3.37. The molecule has 3 heterocycles. The predicted octanol–water partition coefficient (Wildman–Crippen LogP) is 3.13. The number of benzene rings is 1. The van der Waals surface area contributed by atoms with Gasteiger partial charge in [0, 0.05) is 29.2 Å². The van der Waals surface area contributed by atoms with E-state index in [-0.39, 0.29) is 0 Å². The van der Waals surface area contributed by atoms with Crippen molar-refractivity contribution in [1.82, 2.24) is 24.4 Å². The van der Waals surface area contributed by atoms with Crippen LogP contribution in [0.5, 0.6) is 5.75 Å². The van der Waals surface area contributed by atoms with Crippen molar-refractivity contribution < 1.29 is 14.9 Å². The zero-order valence-corrected chi connectivity index (χ0v) is 17.9. The van der Waals surface area contributed by atoms with E-state index in [0.717, 1.165) is 0 Å². The van der Waals surface area contributed by atoms with Crippen molar-refractivity contribution in [3.63, 3.8) is 0 Å². The Morgan fingerprint density at radius 3 is 2.90 bits per heavy atom. The maximum Gasteiger partial charge on any atom is 0.162 e. The molecule has 162 valence electrons. The first kappa shape index (κ1) is 21.1. The van der Waals surface area contributed by atoms with Gasteiger partial charge >= 0.3 is 0 Å². The third-order valence-corrected chi connectivity index (χ3v) is 5.18. The molecule has 0 bridgehead atoms. The second kappa shape index (κ2) is 8.93. The molecule has 0 aliphatic carbocycles. The van der Waals surface area contributed by atoms with Crippen LogP contribution in [0.3, 0.4) is 0 Å². The number of nitrogens with zero attached hydrogens (tertiary/aromatic N) is 5. The zero-order valence-electron chi connectivity index (χ0n) is 17.1. The summed E-state index contributed by atoms with van der Waals surface area (Å²) in [7, 11) is 1.57. The van der Waals surface area contributed by atoms with Gasteiger partial charge in [-0.05, 0) is 30.7 Å². The molecular formula is C21H23ClN6O3. The Morgan fingerprint density at radius 1 is 1.29 bits per heavy atom. The number of anilines is 1. The molecule has 3 N–H and O–H groups in total. The fraction of sp³-hybridized carbons (Fsp3) is 0.286. The van der Waals surface area contributed by atoms with Crippen molar-refractivity contribution >= 4 is 22.9 Å². The lowest BCUT2D eigenvalue weighted by Crippen LogP contribution is -2.15. The molecule has 9 nitrogen and oxygen atoms in total. The van der Waals surface area contributed by atoms with Crippen molar-refractivity contribution in [1.29, 1.82) is 0 Å². The number of halogens is 1. The van der Waals surface area contributed by atoms with E-state index in [2.05, 4.69) is 20.5 Å². The maximum absolute atomic E-state index is 10.9. The summed E-state index contributed by atoms with van der Waals surface area (Å²) in [5.74, 6) is 0.584. The largest absolute Gasteiger partial charge is 0.496 e. The molecule has 4 aromatic rings. The lowest BCUT2D eigenvalue weighted by Gasteiger charge is -2.14. The molecule has 0 amide bonds. The average molecular weight is 443 g/mol. The highest BCUT2D eigenvalue weighted by molar-refractivity contribution is 6.31. The molecule has 10 heteroatoms. The second-order valence-corrected chi connectivity index (χ2v) is 7.49. The molecule has 2 atom stereocenters. The van der Waals surface area contributed by atoms with Gasteiger partial charge in [0.25, 0.3) is 0 Å². The summed E-state index contributed by atoms with van der Waals surface area (Å²) in [6.45, 7) is 2.21. The highest BCUT2D eigenvalue weighted by Crippen LogP contribution is 2.37. The van der Waals surface area contributed by atoms with Crippen LogP contribution >= 0.6 is 11.6 Å². The Labute approximate surface area is 183 Å². The van der Waals surface area contributed by atoms with Crippen molar-refractivity contribution in [2.75, 3.05) is 12.4 Å². The SMILES string of the molecule is CC[C@@H](O)Cn1cc(NC(O)c2cnn3cccnc23)c(-c2cc(Cl)ccc2OC)n1. The van der Waals surface area contributed by atoms with Gasteiger partial charge in [-0.25, -0.2) is 9.50 Å². The minimum Gasteiger partial charge on any atom is -0.496 e. The fourth-order valence-electron chi connectivity index (χ4n) is 3.29. The van der Waals surface area contributed by atoms with Crippen LogP contribution in [0.1, 0.15) is 25.1 Å². The van der Waals surface area contributed by atoms with E-state index in [4.69, 9.17) is 16.3 Å². The summed E-state index contributed by atoms with van der Waals surface area (Å²) in [5, 5.41) is 33.4. The molecule has 0 saturated carbocycles. The molecule has 0 aliphatic heterocycles. The van der Waals surface area contributed by atoms with E-state index in [1.807, 2.05) is 6.92 Å². The smallest absolute Gasteiger partial charge is 0.162 e. The van der Waals surface area contributed by atoms with Gasteiger partial charge in [0.2, 0.25) is 0 Å². The minimum absolute atomic E-state index is 0.308. The first-order chi connectivity index (χ1) is 15.0. The molecular weight excluding hydrogens is 420 g/mol. The van der Waals surface area contributed by atoms with Crippen LogP contribution in [0.25, 0.3) is 16.9 Å². The van der Waals surface area contributed by atoms with Crippen LogP contribution in [0.2, 0.25) is 5.02 Å². The summed E-state index contributed by atoms with van der Waals surface area (Å²) in [4.78, 5) is 4.29. The number of fused-ring (bicyclic) bond motifs is 1. The van der Waals surface area contributed by atoms with Crippen LogP contribution in [0.15, 0.2) is 49.1 Å². The number of methoxy groups -OCH3 is 1. The third-order valence-electron chi connectivity index (χ3n) is 4.94. The lowest BCUT2D eigenvalue weighted by atomic mass is 10.1. The topological polar surface area (TPSA) is 110 Å². The van der Waals surface area contributed by atoms with E-state index in [1.165, 1.54) is 0 Å². The summed E-state index contributed by atoms with van der Waals surface area (Å²) in [6, 6.07) is 7.00. The Bertz CT molecular complexity index is 1190. The fourth-order valence-corrected chi connectivity index (χ4v) is 3.47. The van der Waals surface area contributed by atoms with Crippen LogP contribution in [-0.4, -0.2) is 47.8 Å². The molecule has 3 aromatic heterocycles. The van der Waals surface area contributed by atoms with Gasteiger partial charge in [-0.1, -0.05) is 18.5 Å². The Morgan fingerprint density at radius 2 is 2.13 bits per heavy atom. The quantitative estimate of drug-likeness (QED) is 0.359. The molecule has 4 rings (SSSR count). The summed E-state index contributed by atoms with van der Waals surface area (Å²) >= 11 is 6.22. The van der Waals surface area contributed by atoms with E-state index in [9.17, 15) is 10.2 Å². The Hall–Kier alpha value is -3.14. The van der Waals surface area contributed by atoms with Gasteiger partial charge < -0.3 is 20.3 Å². The number of aromatic nitrogens is 5. The van der Waals surface area contributed by atoms with Crippen LogP contribution < -0.4 is 10.1 Å². The number of nitrogens with one attached hydrogen (secondary N) is 1. The van der Waals surface area contributed by atoms with E-state index >= 15 is 0 Å². The zero-order chi connectivity index (χ0) is 22.0. The monoisotopic (exact) mass is 442 g/mol. The van der Waals surface area contributed by atoms with Crippen LogP contribution in [-0.2, 0) is 6.54 Å². The van der Waals surface area contributed by atoms with E-state index in [0.29, 0.717) is 51.9 Å². The molecule has 0 aliphatic rings. The molecule has 1 unspecified atom stereocenters. The van der Waals surface area contributed by atoms with E-state index in [1.54, 1.807) is 65.4 Å². The lowest BCUT2D eigenvalue weighted by molar-refractivity contribution is 0.145. The van der Waals surface area contributed by atoms with Crippen molar-refractivity contribution in [2.24, 2.45) is 0 Å². The van der Waals surface area contributed by atoms with Crippen LogP contribution in [0, 0.1) is 0 Å². The summed E-state index contributed by atoms with van der Waals surface area (Å²) < 4.78 is 8.70. The van der Waals surface area contributed by atoms with Gasteiger partial charge in [-0.2, -0.15) is 10.2 Å². The first-order valence-electron chi connectivity index (χ1n) is 9.82. The molecule has 31 heavy (non-hydrogen) atoms. The molecule has 0 spiro atoms. The highest BCUT2D eigenvalue weighted by Gasteiger charge is 2.21. The van der Waals surface area contributed by atoms with Crippen molar-refractivity contribution in [3.05, 3.63) is 59.6 Å². The van der Waals surface area contributed by atoms with Gasteiger partial charge in [-0.3, -0.25) is 4.68 Å². The number of hydrogen-bond acceptors (Lipinski definition) is 7. The van der Waals surface area contributed by atoms with Crippen molar-refractivity contribution in [3.8, 4) is 17.0 Å². The number of rotatable bonds is 8. The molecule has 1 aromatic carbocycles. The number of aliphatic hydroxyl groups excluding tert-OH is 2. The Kier molecular flexibility index (Phi) is 6.08. The highest BCUT2D eigenvalue weighted by atomic mass is 35.5. The second-order valence-electron chi connectivity index (χ2n) is 7.05. The predicted molar refractivity (Wildman–Crippen MR) is 117 cm³/mol. The normalized spacial score (nSPS) is 13.3. The van der Waals surface area contributed by atoms with Crippen LogP contribution in [0.4, 0.5) is 5.69 Å². The summed E-state index contributed by atoms with van der Waals surface area (Å²) in [6.07, 6.45) is 5.64. The molecule has 0 saturated heterocycles. The van der Waals surface area contributed by atoms with Gasteiger partial charge in [0.15, 0.2) is 11.9 Å². The Balaban J connectivity index is 1.74. The number of aliphatic hydroxyl groups is 2.